The van der Waals surface area contributed by atoms with Gasteiger partial charge in [0, 0.05) is 18.4 Å². The monoisotopic (exact) mass is 232 g/mol. The molecular weight excluding hydrogens is 208 g/mol. The van der Waals surface area contributed by atoms with E-state index in [1.54, 1.807) is 0 Å². The number of pyridine rings is 1. The third-order valence-corrected chi connectivity index (χ3v) is 2.81. The molecule has 0 spiro atoms. The van der Waals surface area contributed by atoms with E-state index in [1.807, 2.05) is 20.0 Å². The predicted octanol–water partition coefficient (Wildman–Crippen LogP) is 4.77. The zero-order valence-electron chi connectivity index (χ0n) is 11.9. The molecule has 0 N–H and O–H groups in total. The highest BCUT2D eigenvalue weighted by atomic mass is 15.0. The van der Waals surface area contributed by atoms with Gasteiger partial charge in [-0.2, -0.15) is 0 Å². The highest BCUT2D eigenvalue weighted by molar-refractivity contribution is 5.76. The van der Waals surface area contributed by atoms with Crippen LogP contribution in [0.3, 0.4) is 0 Å². The van der Waals surface area contributed by atoms with E-state index in [9.17, 15) is 0 Å². The summed E-state index contributed by atoms with van der Waals surface area (Å²) in [6, 6.07) is 4.83. The second-order valence-electron chi connectivity index (χ2n) is 4.64. The van der Waals surface area contributed by atoms with Crippen LogP contribution < -0.4 is 0 Å². The van der Waals surface area contributed by atoms with E-state index in [1.165, 1.54) is 11.1 Å². The van der Waals surface area contributed by atoms with Gasteiger partial charge in [-0.25, -0.2) is 0 Å². The van der Waals surface area contributed by atoms with Gasteiger partial charge in [0.2, 0.25) is 0 Å². The molecule has 2 aromatic rings. The second kappa shape index (κ2) is 5.85. The van der Waals surface area contributed by atoms with Crippen molar-refractivity contribution < 1.29 is 0 Å². The number of hydrogen-bond donors (Lipinski definition) is 0. The van der Waals surface area contributed by atoms with Crippen LogP contribution in [0.4, 0.5) is 0 Å². The lowest BCUT2D eigenvalue weighted by Gasteiger charge is -2.10. The summed E-state index contributed by atoms with van der Waals surface area (Å²) < 4.78 is 2.27. The zero-order valence-corrected chi connectivity index (χ0v) is 11.9. The molecule has 0 radical (unpaired) electrons. The van der Waals surface area contributed by atoms with Crippen LogP contribution in [0.1, 0.15) is 59.1 Å². The van der Waals surface area contributed by atoms with Crippen molar-refractivity contribution in [2.24, 2.45) is 0 Å². The Hall–Kier alpha value is -1.31. The molecule has 2 heterocycles. The first-order chi connectivity index (χ1) is 8.09. The van der Waals surface area contributed by atoms with Gasteiger partial charge in [0.25, 0.3) is 0 Å². The summed E-state index contributed by atoms with van der Waals surface area (Å²) in [6.45, 7) is 12.8. The average Bonchev–Trinajstić information content (AvgIpc) is 2.74. The van der Waals surface area contributed by atoms with Crippen molar-refractivity contribution in [3.05, 3.63) is 30.1 Å². The van der Waals surface area contributed by atoms with Gasteiger partial charge < -0.3 is 4.57 Å². The summed E-state index contributed by atoms with van der Waals surface area (Å²) in [5.74, 6) is 0.539. The van der Waals surface area contributed by atoms with Crippen molar-refractivity contribution in [3.8, 4) is 0 Å². The molecule has 0 bridgehead atoms. The highest BCUT2D eigenvalue weighted by Gasteiger charge is 2.07. The molecule has 2 aromatic heterocycles. The van der Waals surface area contributed by atoms with Crippen LogP contribution in [0.5, 0.6) is 0 Å². The molecule has 0 saturated carbocycles. The maximum atomic E-state index is 4.48. The number of nitrogens with zero attached hydrogens (tertiary/aromatic N) is 2. The van der Waals surface area contributed by atoms with Crippen LogP contribution in [0.2, 0.25) is 0 Å². The number of fused-ring (bicyclic) bond motifs is 1. The van der Waals surface area contributed by atoms with Crippen molar-refractivity contribution >= 4 is 11.0 Å². The molecule has 94 valence electrons. The Morgan fingerprint density at radius 1 is 1.12 bits per heavy atom. The highest BCUT2D eigenvalue weighted by Crippen LogP contribution is 2.22. The van der Waals surface area contributed by atoms with Gasteiger partial charge in [0.1, 0.15) is 0 Å². The lowest BCUT2D eigenvalue weighted by molar-refractivity contribution is 0.622. The Morgan fingerprint density at radius 2 is 1.76 bits per heavy atom. The molecule has 0 amide bonds. The van der Waals surface area contributed by atoms with E-state index in [0.717, 1.165) is 5.52 Å². The summed E-state index contributed by atoms with van der Waals surface area (Å²) in [5, 5.41) is 0. The minimum atomic E-state index is 0.492. The van der Waals surface area contributed by atoms with Gasteiger partial charge in [-0.15, -0.1) is 0 Å². The number of rotatable bonds is 2. The fourth-order valence-electron chi connectivity index (χ4n) is 1.81. The average molecular weight is 232 g/mol. The smallest absolute Gasteiger partial charge is 0.0881 e. The molecule has 0 aliphatic carbocycles. The lowest BCUT2D eigenvalue weighted by atomic mass is 10.1. The maximum Gasteiger partial charge on any atom is 0.0881 e. The summed E-state index contributed by atoms with van der Waals surface area (Å²) in [5.41, 5.74) is 3.65. The molecule has 17 heavy (non-hydrogen) atoms. The van der Waals surface area contributed by atoms with Crippen molar-refractivity contribution in [3.63, 3.8) is 0 Å². The summed E-state index contributed by atoms with van der Waals surface area (Å²) in [7, 11) is 0. The van der Waals surface area contributed by atoms with Gasteiger partial charge in [-0.05, 0) is 37.5 Å². The molecule has 0 aliphatic rings. The van der Waals surface area contributed by atoms with Crippen LogP contribution >= 0.6 is 0 Å². The first-order valence-corrected chi connectivity index (χ1v) is 6.56. The topological polar surface area (TPSA) is 17.8 Å². The van der Waals surface area contributed by atoms with Gasteiger partial charge in [-0.1, -0.05) is 27.7 Å². The van der Waals surface area contributed by atoms with E-state index in [-0.39, 0.29) is 0 Å². The fraction of sp³-hybridized carbons (Fsp3) is 0.533. The van der Waals surface area contributed by atoms with Gasteiger partial charge in [0.15, 0.2) is 0 Å². The minimum absolute atomic E-state index is 0.492. The van der Waals surface area contributed by atoms with Gasteiger partial charge in [0.05, 0.1) is 11.0 Å². The van der Waals surface area contributed by atoms with Crippen LogP contribution in [0.25, 0.3) is 11.0 Å². The zero-order chi connectivity index (χ0) is 13.0. The standard InChI is InChI=1S/C13H18N2.C2H6/c1-9(2)11-7-13-12(14-8-11)5-6-15(13)10(3)4;1-2/h5-10H,1-4H3;1-2H3. The third kappa shape index (κ3) is 2.87. The van der Waals surface area contributed by atoms with Crippen molar-refractivity contribution in [2.45, 2.75) is 53.5 Å². The Labute approximate surface area is 105 Å². The van der Waals surface area contributed by atoms with Crippen LogP contribution in [-0.4, -0.2) is 9.55 Å². The predicted molar refractivity (Wildman–Crippen MR) is 75.6 cm³/mol. The van der Waals surface area contributed by atoms with Crippen molar-refractivity contribution in [2.75, 3.05) is 0 Å². The SMILES string of the molecule is CC.CC(C)c1cnc2ccn(C(C)C)c2c1. The molecule has 2 nitrogen and oxygen atoms in total. The summed E-state index contributed by atoms with van der Waals surface area (Å²) >= 11 is 0. The van der Waals surface area contributed by atoms with Crippen LogP contribution in [0.15, 0.2) is 24.5 Å². The van der Waals surface area contributed by atoms with E-state index < -0.39 is 0 Å². The normalized spacial score (nSPS) is 10.8. The van der Waals surface area contributed by atoms with E-state index in [0.29, 0.717) is 12.0 Å². The molecule has 0 unspecified atom stereocenters. The van der Waals surface area contributed by atoms with Crippen LogP contribution in [-0.2, 0) is 0 Å². The maximum absolute atomic E-state index is 4.48. The largest absolute Gasteiger partial charge is 0.344 e. The molecule has 2 heteroatoms. The van der Waals surface area contributed by atoms with E-state index in [4.69, 9.17) is 0 Å². The fourth-order valence-corrected chi connectivity index (χ4v) is 1.81. The number of aromatic nitrogens is 2. The quantitative estimate of drug-likeness (QED) is 0.729. The first-order valence-electron chi connectivity index (χ1n) is 6.56. The number of hydrogen-bond acceptors (Lipinski definition) is 1. The van der Waals surface area contributed by atoms with Gasteiger partial charge >= 0.3 is 0 Å². The molecule has 0 atom stereocenters. The van der Waals surface area contributed by atoms with E-state index >= 15 is 0 Å². The molecule has 0 aliphatic heterocycles. The molecule has 2 rings (SSSR count). The third-order valence-electron chi connectivity index (χ3n) is 2.81. The Kier molecular flexibility index (Phi) is 4.73. The van der Waals surface area contributed by atoms with Gasteiger partial charge in [-0.3, -0.25) is 4.98 Å². The Morgan fingerprint density at radius 3 is 2.29 bits per heavy atom. The van der Waals surface area contributed by atoms with Crippen LogP contribution in [0, 0.1) is 0 Å². The molecule has 0 fully saturated rings. The molecule has 0 aromatic carbocycles. The minimum Gasteiger partial charge on any atom is -0.344 e. The Bertz CT molecular complexity index is 467. The summed E-state index contributed by atoms with van der Waals surface area (Å²) in [6.07, 6.45) is 4.10. The lowest BCUT2D eigenvalue weighted by Crippen LogP contribution is -1.99. The Balaban J connectivity index is 0.000000686. The first kappa shape index (κ1) is 13.8. The molecule has 0 saturated heterocycles. The summed E-state index contributed by atoms with van der Waals surface area (Å²) in [4.78, 5) is 4.48. The van der Waals surface area contributed by atoms with Crippen molar-refractivity contribution in [1.82, 2.24) is 9.55 Å². The molecular formula is C15H24N2. The van der Waals surface area contributed by atoms with E-state index in [2.05, 4.69) is 55.6 Å². The van der Waals surface area contributed by atoms with Crippen molar-refractivity contribution in [1.29, 1.82) is 0 Å². The second-order valence-corrected chi connectivity index (χ2v) is 4.64.